The number of hydrogen-bond acceptors (Lipinski definition) is 1. The molecule has 0 bridgehead atoms. The van der Waals surface area contributed by atoms with Gasteiger partial charge in [0.05, 0.1) is 11.1 Å². The van der Waals surface area contributed by atoms with Crippen molar-refractivity contribution in [3.05, 3.63) is 34.6 Å². The van der Waals surface area contributed by atoms with Crippen LogP contribution in [0.5, 0.6) is 0 Å². The van der Waals surface area contributed by atoms with Gasteiger partial charge in [0.1, 0.15) is 6.67 Å². The Morgan fingerprint density at radius 1 is 1.00 bits per heavy atom. The molecule has 0 aromatic heterocycles. The largest absolute Gasteiger partial charge is 0.418 e. The van der Waals surface area contributed by atoms with Crippen molar-refractivity contribution in [3.63, 3.8) is 0 Å². The van der Waals surface area contributed by atoms with E-state index < -0.39 is 46.9 Å². The lowest BCUT2D eigenvalue weighted by atomic mass is 9.89. The summed E-state index contributed by atoms with van der Waals surface area (Å²) in [5.74, 6) is 0. The van der Waals surface area contributed by atoms with Gasteiger partial charge < -0.3 is 5.73 Å². The molecule has 1 aliphatic carbocycles. The van der Waals surface area contributed by atoms with Crippen LogP contribution in [0.25, 0.3) is 0 Å². The van der Waals surface area contributed by atoms with Crippen LogP contribution >= 0.6 is 0 Å². The van der Waals surface area contributed by atoms with Gasteiger partial charge in [-0.15, -0.1) is 0 Å². The van der Waals surface area contributed by atoms with Crippen molar-refractivity contribution in [2.75, 3.05) is 6.67 Å². The first-order valence-corrected chi connectivity index (χ1v) is 5.45. The molecule has 0 radical (unpaired) electrons. The predicted octanol–water partition coefficient (Wildman–Crippen LogP) is 4.19. The van der Waals surface area contributed by atoms with Gasteiger partial charge in [-0.05, 0) is 25.5 Å². The van der Waals surface area contributed by atoms with E-state index in [2.05, 4.69) is 0 Å². The monoisotopic (exact) mass is 303 g/mol. The zero-order valence-corrected chi connectivity index (χ0v) is 10.6. The second-order valence-corrected chi connectivity index (χ2v) is 4.81. The van der Waals surface area contributed by atoms with Crippen LogP contribution in [0.3, 0.4) is 0 Å². The van der Waals surface area contributed by atoms with Crippen LogP contribution in [0.4, 0.5) is 30.7 Å². The van der Waals surface area contributed by atoms with Crippen molar-refractivity contribution in [2.24, 2.45) is 11.1 Å². The quantitative estimate of drug-likeness (QED) is 0.722. The molecule has 1 unspecified atom stereocenters. The lowest BCUT2D eigenvalue weighted by Gasteiger charge is -2.19. The van der Waals surface area contributed by atoms with E-state index in [1.165, 1.54) is 0 Å². The van der Waals surface area contributed by atoms with E-state index in [1.807, 2.05) is 0 Å². The van der Waals surface area contributed by atoms with Crippen molar-refractivity contribution in [1.82, 2.24) is 0 Å². The molecule has 2 N–H and O–H groups in total. The number of nitrogens with two attached hydrogens (primary N) is 1. The average Bonchev–Trinajstić information content (AvgIpc) is 2.31. The normalized spacial score (nSPS) is 25.2. The Hall–Kier alpha value is -1.47. The van der Waals surface area contributed by atoms with Crippen LogP contribution in [0, 0.1) is 5.41 Å². The molecule has 0 saturated carbocycles. The minimum absolute atomic E-state index is 0.665. The summed E-state index contributed by atoms with van der Waals surface area (Å²) in [6.45, 7) is 0.854. The molecule has 0 heterocycles. The summed E-state index contributed by atoms with van der Waals surface area (Å²) in [6, 6.07) is 0. The minimum Gasteiger partial charge on any atom is -0.398 e. The van der Waals surface area contributed by atoms with Gasteiger partial charge in [-0.1, -0.05) is 6.08 Å². The third kappa shape index (κ3) is 3.16. The first-order valence-electron chi connectivity index (χ1n) is 5.45. The molecule has 8 heteroatoms. The maximum Gasteiger partial charge on any atom is 0.418 e. The van der Waals surface area contributed by atoms with E-state index in [0.717, 1.165) is 19.9 Å². The number of alkyl halides is 7. The van der Waals surface area contributed by atoms with Gasteiger partial charge in [0.2, 0.25) is 0 Å². The Morgan fingerprint density at radius 2 is 1.45 bits per heavy atom. The van der Waals surface area contributed by atoms with Gasteiger partial charge in [-0.3, -0.25) is 0 Å². The maximum atomic E-state index is 12.9. The van der Waals surface area contributed by atoms with Gasteiger partial charge in [0.25, 0.3) is 0 Å². The van der Waals surface area contributed by atoms with Gasteiger partial charge in [-0.25, -0.2) is 4.39 Å². The van der Waals surface area contributed by atoms with Crippen molar-refractivity contribution < 1.29 is 30.7 Å². The minimum atomic E-state index is -5.29. The summed E-state index contributed by atoms with van der Waals surface area (Å²) in [6.07, 6.45) is -9.06. The molecule has 1 rings (SSSR count). The zero-order valence-electron chi connectivity index (χ0n) is 10.6. The Balaban J connectivity index is 3.74. The molecule has 114 valence electrons. The molecule has 1 aliphatic rings. The first kappa shape index (κ1) is 16.6. The molecule has 0 aliphatic heterocycles. The van der Waals surface area contributed by atoms with Crippen LogP contribution in [-0.4, -0.2) is 19.0 Å². The number of halogens is 7. The van der Waals surface area contributed by atoms with Crippen molar-refractivity contribution in [3.8, 4) is 0 Å². The molecular weight excluding hydrogens is 291 g/mol. The van der Waals surface area contributed by atoms with Crippen molar-refractivity contribution in [2.45, 2.75) is 26.2 Å². The second kappa shape index (κ2) is 4.82. The molecule has 0 aromatic rings. The molecule has 0 saturated heterocycles. The third-order valence-electron chi connectivity index (χ3n) is 2.82. The maximum absolute atomic E-state index is 12.9. The number of allylic oxidation sites excluding steroid dienone is 5. The van der Waals surface area contributed by atoms with Gasteiger partial charge >= 0.3 is 12.4 Å². The fourth-order valence-electron chi connectivity index (χ4n) is 2.13. The highest BCUT2D eigenvalue weighted by atomic mass is 19.4. The van der Waals surface area contributed by atoms with Crippen LogP contribution in [-0.2, 0) is 0 Å². The fraction of sp³-hybridized carbons (Fsp3) is 0.500. The van der Waals surface area contributed by atoms with E-state index in [-0.39, 0.29) is 0 Å². The SMILES string of the molecule is CC1=CC(C)(CF)C=C(N)C(C(F)(F)F)=C1C(F)(F)F. The molecule has 1 atom stereocenters. The highest BCUT2D eigenvalue weighted by Gasteiger charge is 2.48. The topological polar surface area (TPSA) is 26.0 Å². The highest BCUT2D eigenvalue weighted by molar-refractivity contribution is 5.52. The molecule has 0 spiro atoms. The lowest BCUT2D eigenvalue weighted by molar-refractivity contribution is -0.112. The van der Waals surface area contributed by atoms with Gasteiger partial charge in [0, 0.05) is 11.1 Å². The second-order valence-electron chi connectivity index (χ2n) is 4.81. The standard InChI is InChI=1S/C12H12F7N/c1-6-3-10(2,5-13)4-7(20)9(12(17,18)19)8(6)11(14,15)16/h3-4H,5,20H2,1-2H3. The molecule has 0 amide bonds. The van der Waals surface area contributed by atoms with Crippen LogP contribution < -0.4 is 5.73 Å². The molecule has 0 fully saturated rings. The first-order chi connectivity index (χ1) is 8.82. The Labute approximate surface area is 110 Å². The third-order valence-corrected chi connectivity index (χ3v) is 2.82. The van der Waals surface area contributed by atoms with Crippen molar-refractivity contribution in [1.29, 1.82) is 0 Å². The van der Waals surface area contributed by atoms with Crippen LogP contribution in [0.2, 0.25) is 0 Å². The van der Waals surface area contributed by atoms with E-state index in [0.29, 0.717) is 6.08 Å². The average molecular weight is 303 g/mol. The van der Waals surface area contributed by atoms with Gasteiger partial charge in [0.15, 0.2) is 0 Å². The van der Waals surface area contributed by atoms with E-state index >= 15 is 0 Å². The van der Waals surface area contributed by atoms with E-state index in [1.54, 1.807) is 0 Å². The summed E-state index contributed by atoms with van der Waals surface area (Å²) in [4.78, 5) is 0. The summed E-state index contributed by atoms with van der Waals surface area (Å²) >= 11 is 0. The fourth-order valence-corrected chi connectivity index (χ4v) is 2.13. The summed E-state index contributed by atoms with van der Waals surface area (Å²) in [5.41, 5.74) is -2.15. The van der Waals surface area contributed by atoms with Crippen molar-refractivity contribution >= 4 is 0 Å². The molecule has 0 aromatic carbocycles. The van der Waals surface area contributed by atoms with Gasteiger partial charge in [-0.2, -0.15) is 26.3 Å². The van der Waals surface area contributed by atoms with E-state index in [4.69, 9.17) is 5.73 Å². The Bertz CT molecular complexity index is 451. The zero-order chi connectivity index (χ0) is 15.9. The number of rotatable bonds is 1. The predicted molar refractivity (Wildman–Crippen MR) is 59.2 cm³/mol. The van der Waals surface area contributed by atoms with Crippen LogP contribution in [0.1, 0.15) is 13.8 Å². The Kier molecular flexibility index (Phi) is 4.00. The lowest BCUT2D eigenvalue weighted by Crippen LogP contribution is -2.26. The summed E-state index contributed by atoms with van der Waals surface area (Å²) < 4.78 is 90.3. The number of hydrogen-bond donors (Lipinski definition) is 1. The smallest absolute Gasteiger partial charge is 0.398 e. The molecule has 1 nitrogen and oxygen atoms in total. The summed E-state index contributed by atoms with van der Waals surface area (Å²) in [7, 11) is 0. The Morgan fingerprint density at radius 3 is 1.80 bits per heavy atom. The van der Waals surface area contributed by atoms with E-state index in [9.17, 15) is 30.7 Å². The summed E-state index contributed by atoms with van der Waals surface area (Å²) in [5, 5.41) is 0. The highest BCUT2D eigenvalue weighted by Crippen LogP contribution is 2.45. The van der Waals surface area contributed by atoms with Crippen LogP contribution in [0.15, 0.2) is 34.6 Å². The molecular formula is C12H12F7N. The molecule has 20 heavy (non-hydrogen) atoms.